The van der Waals surface area contributed by atoms with Crippen LogP contribution in [0.2, 0.25) is 0 Å². The van der Waals surface area contributed by atoms with Crippen LogP contribution in [-0.4, -0.2) is 75.8 Å². The molecule has 1 atom stereocenters. The molecule has 2 aromatic heterocycles. The van der Waals surface area contributed by atoms with Crippen molar-refractivity contribution in [3.8, 4) is 0 Å². The quantitative estimate of drug-likeness (QED) is 0.631. The summed E-state index contributed by atoms with van der Waals surface area (Å²) in [6.07, 6.45) is 1.88. The van der Waals surface area contributed by atoms with Crippen molar-refractivity contribution in [2.75, 3.05) is 39.0 Å². The van der Waals surface area contributed by atoms with Crippen LogP contribution in [0, 0.1) is 5.82 Å². The zero-order valence-corrected chi connectivity index (χ0v) is 18.3. The van der Waals surface area contributed by atoms with E-state index in [9.17, 15) is 14.0 Å². The molecule has 2 N–H and O–H groups in total. The first-order valence-corrected chi connectivity index (χ1v) is 10.9. The second-order valence-corrected chi connectivity index (χ2v) is 8.54. The van der Waals surface area contributed by atoms with Gasteiger partial charge in [-0.1, -0.05) is 18.2 Å². The average molecular weight is 452 g/mol. The number of carbonyl (C=O) groups excluding carboxylic acids is 2. The van der Waals surface area contributed by atoms with Crippen molar-refractivity contribution in [1.29, 1.82) is 0 Å². The van der Waals surface area contributed by atoms with Crippen LogP contribution in [0.25, 0.3) is 10.9 Å². The fourth-order valence-corrected chi connectivity index (χ4v) is 4.56. The second kappa shape index (κ2) is 8.43. The van der Waals surface area contributed by atoms with E-state index in [1.54, 1.807) is 16.7 Å². The van der Waals surface area contributed by atoms with Gasteiger partial charge in [0.25, 0.3) is 5.91 Å². The number of nitrogen functional groups attached to an aromatic ring is 1. The van der Waals surface area contributed by atoms with Gasteiger partial charge in [-0.2, -0.15) is 5.10 Å². The summed E-state index contributed by atoms with van der Waals surface area (Å²) >= 11 is 0. The third-order valence-electron chi connectivity index (χ3n) is 6.46. The molecule has 2 amide bonds. The maximum Gasteiger partial charge on any atom is 0.257 e. The van der Waals surface area contributed by atoms with Crippen molar-refractivity contribution in [2.24, 2.45) is 0 Å². The smallest absolute Gasteiger partial charge is 0.257 e. The van der Waals surface area contributed by atoms with Crippen LogP contribution in [0.1, 0.15) is 28.4 Å². The van der Waals surface area contributed by atoms with E-state index in [-0.39, 0.29) is 35.9 Å². The fraction of sp³-hybridized carbons (Fsp3) is 0.391. The van der Waals surface area contributed by atoms with Crippen molar-refractivity contribution in [3.05, 3.63) is 53.6 Å². The van der Waals surface area contributed by atoms with Crippen molar-refractivity contribution in [3.63, 3.8) is 0 Å². The predicted octanol–water partition coefficient (Wildman–Crippen LogP) is 1.64. The number of pyridine rings is 1. The fourth-order valence-electron chi connectivity index (χ4n) is 4.56. The van der Waals surface area contributed by atoms with Crippen LogP contribution in [0.5, 0.6) is 0 Å². The molecular formula is C23H25FN6O3. The zero-order valence-electron chi connectivity index (χ0n) is 18.3. The van der Waals surface area contributed by atoms with Gasteiger partial charge in [-0.15, -0.1) is 0 Å². The molecule has 2 saturated heterocycles. The van der Waals surface area contributed by atoms with Crippen LogP contribution >= 0.6 is 0 Å². The largest absolute Gasteiger partial charge is 0.384 e. The highest BCUT2D eigenvalue weighted by Crippen LogP contribution is 2.33. The monoisotopic (exact) mass is 452 g/mol. The molecule has 0 spiro atoms. The molecule has 0 bridgehead atoms. The number of methoxy groups -OCH3 is 1. The van der Waals surface area contributed by atoms with Crippen LogP contribution in [0.4, 0.5) is 10.2 Å². The number of hydrogen-bond donors (Lipinski definition) is 1. The minimum atomic E-state index is -0.691. The molecule has 0 aliphatic carbocycles. The Morgan fingerprint density at radius 1 is 1.21 bits per heavy atom. The Morgan fingerprint density at radius 2 is 2.00 bits per heavy atom. The molecule has 9 nitrogen and oxygen atoms in total. The first kappa shape index (κ1) is 21.3. The van der Waals surface area contributed by atoms with Gasteiger partial charge < -0.3 is 20.3 Å². The van der Waals surface area contributed by atoms with Crippen LogP contribution in [-0.2, 0) is 16.1 Å². The Labute approximate surface area is 189 Å². The maximum atomic E-state index is 14.0. The lowest BCUT2D eigenvalue weighted by Crippen LogP contribution is -2.49. The van der Waals surface area contributed by atoms with Gasteiger partial charge >= 0.3 is 0 Å². The number of rotatable bonds is 5. The van der Waals surface area contributed by atoms with Gasteiger partial charge in [0.15, 0.2) is 5.82 Å². The van der Waals surface area contributed by atoms with E-state index < -0.39 is 11.7 Å². The van der Waals surface area contributed by atoms with Gasteiger partial charge in [0, 0.05) is 44.6 Å². The third-order valence-corrected chi connectivity index (χ3v) is 6.46. The number of amides is 2. The van der Waals surface area contributed by atoms with E-state index in [0.717, 1.165) is 29.2 Å². The number of fused-ring (bicyclic) bond motifs is 1. The van der Waals surface area contributed by atoms with Gasteiger partial charge in [0.2, 0.25) is 5.91 Å². The number of ether oxygens (including phenoxy) is 1. The Morgan fingerprint density at radius 3 is 2.76 bits per heavy atom. The average Bonchev–Trinajstić information content (AvgIpc) is 3.40. The van der Waals surface area contributed by atoms with E-state index in [1.165, 1.54) is 6.07 Å². The third kappa shape index (κ3) is 3.91. The molecule has 10 heteroatoms. The number of nitrogens with zero attached hydrogens (tertiary/aromatic N) is 5. The van der Waals surface area contributed by atoms with E-state index in [0.29, 0.717) is 26.2 Å². The van der Waals surface area contributed by atoms with Gasteiger partial charge in [-0.3, -0.25) is 14.3 Å². The van der Waals surface area contributed by atoms with Gasteiger partial charge in [-0.25, -0.2) is 9.37 Å². The molecule has 33 heavy (non-hydrogen) atoms. The molecule has 0 unspecified atom stereocenters. The molecule has 4 heterocycles. The summed E-state index contributed by atoms with van der Waals surface area (Å²) in [7, 11) is 1.66. The standard InChI is InChI=1S/C23H25FN6O3/c1-33-15-6-7-28(12-15)21(31)13-30-19-5-3-2-4-16(19)22(27-30)14-10-29(11-14)23(32)17-8-20(25)26-9-18(17)24/h2-5,8-9,14-15H,6-7,10-13H2,1H3,(H2,25,26)/t15-/m1/s1. The summed E-state index contributed by atoms with van der Waals surface area (Å²) in [5.41, 5.74) is 7.24. The molecule has 5 rings (SSSR count). The van der Waals surface area contributed by atoms with Crippen LogP contribution in [0.15, 0.2) is 36.5 Å². The molecule has 1 aromatic carbocycles. The van der Waals surface area contributed by atoms with Gasteiger partial charge in [-0.05, 0) is 18.6 Å². The molecule has 2 aliphatic heterocycles. The minimum absolute atomic E-state index is 0.00195. The number of para-hydroxylation sites is 1. The highest BCUT2D eigenvalue weighted by molar-refractivity contribution is 5.96. The summed E-state index contributed by atoms with van der Waals surface area (Å²) < 4.78 is 21.1. The number of benzene rings is 1. The maximum absolute atomic E-state index is 14.0. The number of aromatic nitrogens is 3. The lowest BCUT2D eigenvalue weighted by molar-refractivity contribution is -0.131. The summed E-state index contributed by atoms with van der Waals surface area (Å²) in [4.78, 5) is 32.6. The first-order valence-electron chi connectivity index (χ1n) is 10.9. The van der Waals surface area contributed by atoms with E-state index in [4.69, 9.17) is 15.6 Å². The number of carbonyl (C=O) groups is 2. The molecule has 0 saturated carbocycles. The minimum Gasteiger partial charge on any atom is -0.384 e. The second-order valence-electron chi connectivity index (χ2n) is 8.54. The summed E-state index contributed by atoms with van der Waals surface area (Å²) in [5.74, 6) is -1.00. The Kier molecular flexibility index (Phi) is 5.45. The predicted molar refractivity (Wildman–Crippen MR) is 119 cm³/mol. The normalized spacial score (nSPS) is 18.7. The van der Waals surface area contributed by atoms with Crippen molar-refractivity contribution in [1.82, 2.24) is 24.6 Å². The Bertz CT molecular complexity index is 1220. The molecule has 0 radical (unpaired) electrons. The summed E-state index contributed by atoms with van der Waals surface area (Å²) in [6.45, 7) is 2.25. The van der Waals surface area contributed by atoms with E-state index in [2.05, 4.69) is 4.98 Å². The lowest BCUT2D eigenvalue weighted by Gasteiger charge is -2.38. The molecule has 3 aromatic rings. The van der Waals surface area contributed by atoms with Crippen LogP contribution < -0.4 is 5.73 Å². The molecule has 172 valence electrons. The van der Waals surface area contributed by atoms with Crippen molar-refractivity contribution in [2.45, 2.75) is 25.0 Å². The highest BCUT2D eigenvalue weighted by Gasteiger charge is 2.36. The first-order chi connectivity index (χ1) is 15.9. The number of likely N-dealkylation sites (tertiary alicyclic amines) is 2. The number of hydrogen-bond acceptors (Lipinski definition) is 6. The van der Waals surface area contributed by atoms with Crippen molar-refractivity contribution >= 4 is 28.5 Å². The van der Waals surface area contributed by atoms with E-state index >= 15 is 0 Å². The van der Waals surface area contributed by atoms with Crippen LogP contribution in [0.3, 0.4) is 0 Å². The van der Waals surface area contributed by atoms with Gasteiger partial charge in [0.05, 0.1) is 29.1 Å². The zero-order chi connectivity index (χ0) is 23.1. The number of anilines is 1. The molecule has 2 aliphatic rings. The lowest BCUT2D eigenvalue weighted by atomic mass is 9.93. The van der Waals surface area contributed by atoms with Crippen molar-refractivity contribution < 1.29 is 18.7 Å². The highest BCUT2D eigenvalue weighted by atomic mass is 19.1. The van der Waals surface area contributed by atoms with Gasteiger partial charge in [0.1, 0.15) is 12.4 Å². The molecular weight excluding hydrogens is 427 g/mol. The number of halogens is 1. The van der Waals surface area contributed by atoms with E-state index in [1.807, 2.05) is 29.2 Å². The summed E-state index contributed by atoms with van der Waals surface area (Å²) in [6, 6.07) is 9.02. The molecule has 2 fully saturated rings. The Balaban J connectivity index is 1.32. The summed E-state index contributed by atoms with van der Waals surface area (Å²) in [5, 5.41) is 5.71. The Hall–Kier alpha value is -3.53. The SMILES string of the molecule is CO[C@@H]1CCN(C(=O)Cn2nc(C3CN(C(=O)c4cc(N)ncc4F)C3)c3ccccc32)C1. The number of nitrogens with two attached hydrogens (primary N) is 1. The topological polar surface area (TPSA) is 107 Å².